The summed E-state index contributed by atoms with van der Waals surface area (Å²) in [4.78, 5) is 10.4. The molecule has 1 aromatic carbocycles. The van der Waals surface area contributed by atoms with Gasteiger partial charge >= 0.3 is 0 Å². The number of halogens is 1. The molecule has 0 bridgehead atoms. The molecule has 1 aromatic heterocycles. The molecule has 0 aliphatic heterocycles. The predicted molar refractivity (Wildman–Crippen MR) is 67.6 cm³/mol. The van der Waals surface area contributed by atoms with E-state index in [1.54, 1.807) is 6.07 Å². The maximum absolute atomic E-state index is 13.3. The number of nitrogens with zero attached hydrogens (tertiary/aromatic N) is 3. The Kier molecular flexibility index (Phi) is 3.22. The molecule has 0 saturated carbocycles. The van der Waals surface area contributed by atoms with Crippen LogP contribution in [-0.4, -0.2) is 23.6 Å². The minimum atomic E-state index is -0.258. The lowest BCUT2D eigenvalue weighted by molar-refractivity contribution is 0.628. The molecular formula is C13H16FN3. The third-order valence-corrected chi connectivity index (χ3v) is 2.58. The van der Waals surface area contributed by atoms with Crippen molar-refractivity contribution < 1.29 is 4.39 Å². The highest BCUT2D eigenvalue weighted by molar-refractivity contribution is 5.89. The van der Waals surface area contributed by atoms with Crippen LogP contribution in [0.1, 0.15) is 13.8 Å². The number of hydrogen-bond acceptors (Lipinski definition) is 3. The molecule has 0 amide bonds. The zero-order valence-electron chi connectivity index (χ0n) is 10.3. The summed E-state index contributed by atoms with van der Waals surface area (Å²) in [6.07, 6.45) is 1.52. The maximum Gasteiger partial charge on any atom is 0.139 e. The zero-order valence-corrected chi connectivity index (χ0v) is 10.3. The normalized spacial score (nSPS) is 11.1. The van der Waals surface area contributed by atoms with E-state index < -0.39 is 0 Å². The van der Waals surface area contributed by atoms with Crippen LogP contribution in [0.15, 0.2) is 24.5 Å². The van der Waals surface area contributed by atoms with Crippen molar-refractivity contribution in [3.8, 4) is 0 Å². The molecule has 0 unspecified atom stereocenters. The third kappa shape index (κ3) is 2.52. The first-order valence-electron chi connectivity index (χ1n) is 5.69. The standard InChI is InChI=1S/C13H16FN3/c1-9(2)7-17(3)13-11-6-10(14)4-5-12(11)15-8-16-13/h4-6,8-9H,7H2,1-3H3. The number of fused-ring (bicyclic) bond motifs is 1. The van der Waals surface area contributed by atoms with E-state index in [0.717, 1.165) is 23.3 Å². The van der Waals surface area contributed by atoms with Gasteiger partial charge in [-0.1, -0.05) is 13.8 Å². The van der Waals surface area contributed by atoms with Crippen LogP contribution < -0.4 is 4.90 Å². The van der Waals surface area contributed by atoms with Crippen molar-refractivity contribution in [2.75, 3.05) is 18.5 Å². The van der Waals surface area contributed by atoms with Gasteiger partial charge in [0.15, 0.2) is 0 Å². The molecule has 4 heteroatoms. The molecule has 0 atom stereocenters. The van der Waals surface area contributed by atoms with Crippen LogP contribution in [0.5, 0.6) is 0 Å². The van der Waals surface area contributed by atoms with E-state index in [4.69, 9.17) is 0 Å². The molecule has 0 aliphatic rings. The summed E-state index contributed by atoms with van der Waals surface area (Å²) in [5.41, 5.74) is 0.770. The van der Waals surface area contributed by atoms with Crippen molar-refractivity contribution >= 4 is 16.7 Å². The Morgan fingerprint density at radius 3 is 2.76 bits per heavy atom. The lowest BCUT2D eigenvalue weighted by atomic mass is 10.2. The Balaban J connectivity index is 2.49. The van der Waals surface area contributed by atoms with E-state index in [1.165, 1.54) is 18.5 Å². The van der Waals surface area contributed by atoms with E-state index in [9.17, 15) is 4.39 Å². The second-order valence-corrected chi connectivity index (χ2v) is 4.63. The fourth-order valence-corrected chi connectivity index (χ4v) is 1.95. The lowest BCUT2D eigenvalue weighted by Crippen LogP contribution is -2.23. The van der Waals surface area contributed by atoms with Crippen molar-refractivity contribution in [1.82, 2.24) is 9.97 Å². The molecule has 2 rings (SSSR count). The summed E-state index contributed by atoms with van der Waals surface area (Å²) < 4.78 is 13.3. The first-order valence-corrected chi connectivity index (χ1v) is 5.69. The Bertz CT molecular complexity index is 525. The predicted octanol–water partition coefficient (Wildman–Crippen LogP) is 2.86. The molecular weight excluding hydrogens is 217 g/mol. The summed E-state index contributed by atoms with van der Waals surface area (Å²) in [6.45, 7) is 5.16. The summed E-state index contributed by atoms with van der Waals surface area (Å²) in [6, 6.07) is 4.59. The van der Waals surface area contributed by atoms with Gasteiger partial charge in [-0.15, -0.1) is 0 Å². The largest absolute Gasteiger partial charge is 0.359 e. The van der Waals surface area contributed by atoms with Crippen LogP contribution in [0.2, 0.25) is 0 Å². The monoisotopic (exact) mass is 233 g/mol. The molecule has 0 radical (unpaired) electrons. The van der Waals surface area contributed by atoms with Gasteiger partial charge < -0.3 is 4.90 Å². The summed E-state index contributed by atoms with van der Waals surface area (Å²) >= 11 is 0. The second-order valence-electron chi connectivity index (χ2n) is 4.63. The van der Waals surface area contributed by atoms with E-state index in [2.05, 4.69) is 23.8 Å². The van der Waals surface area contributed by atoms with E-state index in [1.807, 2.05) is 11.9 Å². The average molecular weight is 233 g/mol. The minimum Gasteiger partial charge on any atom is -0.359 e. The molecule has 0 N–H and O–H groups in total. The minimum absolute atomic E-state index is 0.258. The fraction of sp³-hybridized carbons (Fsp3) is 0.385. The maximum atomic E-state index is 13.3. The van der Waals surface area contributed by atoms with Crippen molar-refractivity contribution in [3.63, 3.8) is 0 Å². The zero-order chi connectivity index (χ0) is 12.4. The highest BCUT2D eigenvalue weighted by Crippen LogP contribution is 2.23. The second kappa shape index (κ2) is 4.65. The van der Waals surface area contributed by atoms with Crippen molar-refractivity contribution in [2.45, 2.75) is 13.8 Å². The molecule has 0 aliphatic carbocycles. The molecule has 1 heterocycles. The number of hydrogen-bond donors (Lipinski definition) is 0. The third-order valence-electron chi connectivity index (χ3n) is 2.58. The van der Waals surface area contributed by atoms with Crippen molar-refractivity contribution in [3.05, 3.63) is 30.3 Å². The quantitative estimate of drug-likeness (QED) is 0.816. The molecule has 90 valence electrons. The fourth-order valence-electron chi connectivity index (χ4n) is 1.95. The van der Waals surface area contributed by atoms with Crippen LogP contribution >= 0.6 is 0 Å². The van der Waals surface area contributed by atoms with Gasteiger partial charge in [-0.25, -0.2) is 14.4 Å². The lowest BCUT2D eigenvalue weighted by Gasteiger charge is -2.21. The van der Waals surface area contributed by atoms with Gasteiger partial charge in [0.1, 0.15) is 18.0 Å². The average Bonchev–Trinajstić information content (AvgIpc) is 2.27. The molecule has 0 saturated heterocycles. The van der Waals surface area contributed by atoms with Crippen LogP contribution in [0.25, 0.3) is 10.9 Å². The molecule has 17 heavy (non-hydrogen) atoms. The van der Waals surface area contributed by atoms with Gasteiger partial charge in [-0.2, -0.15) is 0 Å². The van der Waals surface area contributed by atoms with Gasteiger partial charge in [-0.3, -0.25) is 0 Å². The molecule has 3 nitrogen and oxygen atoms in total. The van der Waals surface area contributed by atoms with E-state index in [-0.39, 0.29) is 5.82 Å². The first-order chi connectivity index (χ1) is 8.08. The Hall–Kier alpha value is -1.71. The Morgan fingerprint density at radius 2 is 2.06 bits per heavy atom. The molecule has 0 fully saturated rings. The van der Waals surface area contributed by atoms with Crippen molar-refractivity contribution in [1.29, 1.82) is 0 Å². The van der Waals surface area contributed by atoms with Gasteiger partial charge in [0, 0.05) is 19.0 Å². The van der Waals surface area contributed by atoms with E-state index >= 15 is 0 Å². The highest BCUT2D eigenvalue weighted by Gasteiger charge is 2.10. The topological polar surface area (TPSA) is 29.0 Å². The Morgan fingerprint density at radius 1 is 1.29 bits per heavy atom. The molecule has 2 aromatic rings. The number of rotatable bonds is 3. The van der Waals surface area contributed by atoms with Gasteiger partial charge in [0.2, 0.25) is 0 Å². The highest BCUT2D eigenvalue weighted by atomic mass is 19.1. The van der Waals surface area contributed by atoms with Crippen LogP contribution in [0.4, 0.5) is 10.2 Å². The van der Waals surface area contributed by atoms with Crippen molar-refractivity contribution in [2.24, 2.45) is 5.92 Å². The number of aromatic nitrogens is 2. The van der Waals surface area contributed by atoms with Crippen LogP contribution in [0, 0.1) is 11.7 Å². The number of anilines is 1. The summed E-state index contributed by atoms with van der Waals surface area (Å²) in [5, 5.41) is 0.760. The summed E-state index contributed by atoms with van der Waals surface area (Å²) in [7, 11) is 1.96. The van der Waals surface area contributed by atoms with Crippen LogP contribution in [0.3, 0.4) is 0 Å². The van der Waals surface area contributed by atoms with E-state index in [0.29, 0.717) is 5.92 Å². The van der Waals surface area contributed by atoms with Gasteiger partial charge in [0.25, 0.3) is 0 Å². The first kappa shape index (κ1) is 11.8. The Labute approximate surface area is 100 Å². The molecule has 0 spiro atoms. The van der Waals surface area contributed by atoms with Crippen LogP contribution in [-0.2, 0) is 0 Å². The van der Waals surface area contributed by atoms with Gasteiger partial charge in [0.05, 0.1) is 5.52 Å². The smallest absolute Gasteiger partial charge is 0.139 e. The number of benzene rings is 1. The summed E-state index contributed by atoms with van der Waals surface area (Å²) in [5.74, 6) is 1.05. The SMILES string of the molecule is CC(C)CN(C)c1ncnc2ccc(F)cc12. The van der Waals surface area contributed by atoms with Gasteiger partial charge in [-0.05, 0) is 24.1 Å².